The molecule has 2 aromatic rings. The molecule has 0 spiro atoms. The highest BCUT2D eigenvalue weighted by Crippen LogP contribution is 2.34. The van der Waals surface area contributed by atoms with Gasteiger partial charge in [0, 0.05) is 16.9 Å². The highest BCUT2D eigenvalue weighted by Gasteiger charge is 2.14. The minimum absolute atomic E-state index is 0.713. The van der Waals surface area contributed by atoms with Crippen LogP contribution in [0.1, 0.15) is 35.9 Å². The lowest BCUT2D eigenvalue weighted by atomic mass is 10.1. The lowest BCUT2D eigenvalue weighted by molar-refractivity contribution is 0.871. The van der Waals surface area contributed by atoms with Gasteiger partial charge in [0.1, 0.15) is 16.7 Å². The fraction of sp³-hybridized carbons (Fsp3) is 0.375. The maximum absolute atomic E-state index is 5.56. The molecule has 0 aliphatic heterocycles. The largest absolute Gasteiger partial charge is 0.308 e. The first kappa shape index (κ1) is 14.4. The molecular weight excluding hydrogens is 280 g/mol. The Hall–Kier alpha value is -1.59. The molecule has 0 saturated carbocycles. The molecule has 0 atom stereocenters. The van der Waals surface area contributed by atoms with Gasteiger partial charge in [-0.3, -0.25) is 0 Å². The molecular formula is C16H20N4S. The summed E-state index contributed by atoms with van der Waals surface area (Å²) in [6, 6.07) is 6.75. The van der Waals surface area contributed by atoms with Crippen molar-refractivity contribution in [1.29, 1.82) is 0 Å². The molecule has 110 valence electrons. The topological polar surface area (TPSA) is 63.8 Å². The van der Waals surface area contributed by atoms with Gasteiger partial charge in [-0.05, 0) is 49.4 Å². The Kier molecular flexibility index (Phi) is 4.12. The van der Waals surface area contributed by atoms with Crippen molar-refractivity contribution in [2.45, 2.75) is 49.5 Å². The van der Waals surface area contributed by atoms with E-state index in [9.17, 15) is 0 Å². The summed E-state index contributed by atoms with van der Waals surface area (Å²) >= 11 is 1.69. The fourth-order valence-electron chi connectivity index (χ4n) is 2.66. The Morgan fingerprint density at radius 3 is 2.81 bits per heavy atom. The number of hydrazine groups is 1. The molecule has 1 heterocycles. The summed E-state index contributed by atoms with van der Waals surface area (Å²) < 4.78 is 0. The van der Waals surface area contributed by atoms with Crippen LogP contribution in [0.3, 0.4) is 0 Å². The minimum atomic E-state index is 0.713. The number of aryl methyl sites for hydroxylation is 3. The van der Waals surface area contributed by atoms with Gasteiger partial charge in [0.15, 0.2) is 0 Å². The van der Waals surface area contributed by atoms with Crippen LogP contribution in [-0.4, -0.2) is 9.97 Å². The van der Waals surface area contributed by atoms with Crippen LogP contribution in [0.25, 0.3) is 0 Å². The van der Waals surface area contributed by atoms with Gasteiger partial charge < -0.3 is 5.43 Å². The van der Waals surface area contributed by atoms with Gasteiger partial charge in [0.25, 0.3) is 0 Å². The summed E-state index contributed by atoms with van der Waals surface area (Å²) in [4.78, 5) is 10.3. The number of rotatable bonds is 4. The van der Waals surface area contributed by atoms with Gasteiger partial charge in [-0.2, -0.15) is 0 Å². The first-order valence-electron chi connectivity index (χ1n) is 7.35. The number of benzene rings is 1. The zero-order chi connectivity index (χ0) is 14.8. The van der Waals surface area contributed by atoms with Gasteiger partial charge in [-0.1, -0.05) is 24.8 Å². The number of aromatic nitrogens is 2. The molecule has 5 heteroatoms. The third-order valence-corrected chi connectivity index (χ3v) is 4.97. The van der Waals surface area contributed by atoms with E-state index in [0.29, 0.717) is 5.82 Å². The van der Waals surface area contributed by atoms with Crippen LogP contribution in [0, 0.1) is 6.92 Å². The molecule has 0 unspecified atom stereocenters. The smallest absolute Gasteiger partial charge is 0.147 e. The zero-order valence-corrected chi connectivity index (χ0v) is 13.3. The van der Waals surface area contributed by atoms with Gasteiger partial charge in [0.05, 0.1) is 0 Å². The first-order chi connectivity index (χ1) is 10.2. The molecule has 0 saturated heterocycles. The number of hydrogen-bond donors (Lipinski definition) is 2. The standard InChI is InChI=1S/C16H20N4S/c1-3-14-18-15(20-17)10(2)16(19-14)21-13-8-7-11-5-4-6-12(11)9-13/h7-9H,3-6,17H2,1-2H3,(H,18,19,20). The first-order valence-corrected chi connectivity index (χ1v) is 8.16. The van der Waals surface area contributed by atoms with Crippen molar-refractivity contribution in [3.05, 3.63) is 40.7 Å². The van der Waals surface area contributed by atoms with E-state index in [1.807, 2.05) is 6.92 Å². The van der Waals surface area contributed by atoms with E-state index in [-0.39, 0.29) is 0 Å². The second kappa shape index (κ2) is 6.03. The Labute approximate surface area is 129 Å². The molecule has 3 rings (SSSR count). The normalized spacial score (nSPS) is 13.3. The highest BCUT2D eigenvalue weighted by atomic mass is 32.2. The van der Waals surface area contributed by atoms with Crippen LogP contribution >= 0.6 is 11.8 Å². The second-order valence-corrected chi connectivity index (χ2v) is 6.36. The summed E-state index contributed by atoms with van der Waals surface area (Å²) in [5, 5.41) is 0.979. The van der Waals surface area contributed by atoms with E-state index in [1.165, 1.54) is 35.3 Å². The Bertz CT molecular complexity index is 670. The number of anilines is 1. The lowest BCUT2D eigenvalue weighted by Gasteiger charge is -2.11. The van der Waals surface area contributed by atoms with E-state index >= 15 is 0 Å². The van der Waals surface area contributed by atoms with Crippen molar-refractivity contribution in [3.63, 3.8) is 0 Å². The minimum Gasteiger partial charge on any atom is -0.308 e. The van der Waals surface area contributed by atoms with Crippen molar-refractivity contribution < 1.29 is 0 Å². The molecule has 1 aliphatic carbocycles. The van der Waals surface area contributed by atoms with Crippen molar-refractivity contribution in [2.24, 2.45) is 5.84 Å². The van der Waals surface area contributed by atoms with Crippen LogP contribution in [0.15, 0.2) is 28.1 Å². The molecule has 0 radical (unpaired) electrons. The molecule has 3 N–H and O–H groups in total. The van der Waals surface area contributed by atoms with E-state index < -0.39 is 0 Å². The van der Waals surface area contributed by atoms with E-state index in [4.69, 9.17) is 5.84 Å². The average molecular weight is 300 g/mol. The molecule has 0 bridgehead atoms. The Morgan fingerprint density at radius 2 is 2.05 bits per heavy atom. The predicted molar refractivity (Wildman–Crippen MR) is 86.5 cm³/mol. The van der Waals surface area contributed by atoms with Crippen molar-refractivity contribution in [1.82, 2.24) is 9.97 Å². The van der Waals surface area contributed by atoms with Crippen LogP contribution in [0.4, 0.5) is 5.82 Å². The van der Waals surface area contributed by atoms with Crippen LogP contribution < -0.4 is 11.3 Å². The van der Waals surface area contributed by atoms with Crippen LogP contribution in [-0.2, 0) is 19.3 Å². The maximum Gasteiger partial charge on any atom is 0.147 e. The Balaban J connectivity index is 1.94. The average Bonchev–Trinajstić information content (AvgIpc) is 2.97. The molecule has 0 fully saturated rings. The lowest BCUT2D eigenvalue weighted by Crippen LogP contribution is -2.13. The van der Waals surface area contributed by atoms with Gasteiger partial charge in [0.2, 0.25) is 0 Å². The van der Waals surface area contributed by atoms with Gasteiger partial charge in [-0.25, -0.2) is 15.8 Å². The second-order valence-electron chi connectivity index (χ2n) is 5.30. The summed E-state index contributed by atoms with van der Waals surface area (Å²) in [5.41, 5.74) is 6.66. The zero-order valence-electron chi connectivity index (χ0n) is 12.4. The predicted octanol–water partition coefficient (Wildman–Crippen LogP) is 3.27. The monoisotopic (exact) mass is 300 g/mol. The van der Waals surface area contributed by atoms with Crippen molar-refractivity contribution in [2.75, 3.05) is 5.43 Å². The summed E-state index contributed by atoms with van der Waals surface area (Å²) in [6.07, 6.45) is 4.49. The SMILES string of the molecule is CCc1nc(NN)c(C)c(Sc2ccc3c(c2)CCC3)n1. The van der Waals surface area contributed by atoms with Crippen molar-refractivity contribution in [3.8, 4) is 0 Å². The molecule has 1 aromatic heterocycles. The maximum atomic E-state index is 5.56. The molecule has 0 amide bonds. The van der Waals surface area contributed by atoms with Crippen LogP contribution in [0.2, 0.25) is 0 Å². The third kappa shape index (κ3) is 2.89. The molecule has 1 aromatic carbocycles. The van der Waals surface area contributed by atoms with Crippen molar-refractivity contribution >= 4 is 17.6 Å². The van der Waals surface area contributed by atoms with E-state index in [0.717, 1.165) is 22.8 Å². The quantitative estimate of drug-likeness (QED) is 0.515. The number of hydrogen-bond acceptors (Lipinski definition) is 5. The number of nitrogens with two attached hydrogens (primary N) is 1. The number of nitrogen functional groups attached to an aromatic ring is 1. The number of fused-ring (bicyclic) bond motifs is 1. The molecule has 1 aliphatic rings. The van der Waals surface area contributed by atoms with Gasteiger partial charge in [-0.15, -0.1) is 0 Å². The number of nitrogens with one attached hydrogen (secondary N) is 1. The third-order valence-electron chi connectivity index (χ3n) is 3.88. The van der Waals surface area contributed by atoms with Crippen LogP contribution in [0.5, 0.6) is 0 Å². The summed E-state index contributed by atoms with van der Waals surface area (Å²) in [7, 11) is 0. The summed E-state index contributed by atoms with van der Waals surface area (Å²) in [5.74, 6) is 7.09. The highest BCUT2D eigenvalue weighted by molar-refractivity contribution is 7.99. The van der Waals surface area contributed by atoms with E-state index in [2.05, 4.69) is 40.5 Å². The number of nitrogens with zero attached hydrogens (tertiary/aromatic N) is 2. The molecule has 21 heavy (non-hydrogen) atoms. The van der Waals surface area contributed by atoms with E-state index in [1.54, 1.807) is 11.8 Å². The van der Waals surface area contributed by atoms with Gasteiger partial charge >= 0.3 is 0 Å². The Morgan fingerprint density at radius 1 is 1.24 bits per heavy atom. The summed E-state index contributed by atoms with van der Waals surface area (Å²) in [6.45, 7) is 4.05. The fourth-order valence-corrected chi connectivity index (χ4v) is 3.62. The molecule has 4 nitrogen and oxygen atoms in total.